The number of carbonyl (C=O) groups excluding carboxylic acids is 3. The molecule has 0 unspecified atom stereocenters. The van der Waals surface area contributed by atoms with Crippen molar-refractivity contribution in [2.45, 2.75) is 64.0 Å². The molecule has 0 aromatic rings. The van der Waals surface area contributed by atoms with E-state index < -0.39 is 24.0 Å². The minimum absolute atomic E-state index is 0.165. The monoisotopic (exact) mass is 499 g/mol. The number of unbranched alkanes of at least 4 members (excludes halogenated alkanes) is 3. The fraction of sp³-hybridized carbons (Fsp3) is 0.481. The van der Waals surface area contributed by atoms with Crippen LogP contribution in [0.5, 0.6) is 0 Å². The predicted octanol–water partition coefficient (Wildman–Crippen LogP) is 2.27. The predicted molar refractivity (Wildman–Crippen MR) is 145 cm³/mol. The van der Waals surface area contributed by atoms with Gasteiger partial charge in [0.15, 0.2) is 5.96 Å². The SMILES string of the molecule is C#C/C=C\C(=C)C[C@H](NC(=O)/C=C/CCCCC)C(=O)N[C@@H](/C=C/C(=O)OC)CCCNC(N)=NC. The van der Waals surface area contributed by atoms with Crippen LogP contribution in [-0.2, 0) is 19.1 Å². The molecule has 0 aromatic heterocycles. The molecule has 0 spiro atoms. The lowest BCUT2D eigenvalue weighted by molar-refractivity contribution is -0.135. The number of aliphatic imine (C=N–C) groups is 1. The molecule has 0 bridgehead atoms. The molecule has 198 valence electrons. The van der Waals surface area contributed by atoms with Gasteiger partial charge < -0.3 is 26.4 Å². The smallest absolute Gasteiger partial charge is 0.330 e. The lowest BCUT2D eigenvalue weighted by Gasteiger charge is -2.22. The first kappa shape index (κ1) is 32.2. The Balaban J connectivity index is 5.41. The summed E-state index contributed by atoms with van der Waals surface area (Å²) in [6, 6.07) is -1.38. The van der Waals surface area contributed by atoms with E-state index in [1.54, 1.807) is 25.3 Å². The van der Waals surface area contributed by atoms with Crippen LogP contribution in [0.15, 0.2) is 53.6 Å². The molecule has 2 amide bonds. The molecule has 36 heavy (non-hydrogen) atoms. The number of hydrogen-bond donors (Lipinski definition) is 4. The average molecular weight is 500 g/mol. The molecule has 0 aliphatic carbocycles. The van der Waals surface area contributed by atoms with Crippen LogP contribution in [0.1, 0.15) is 51.9 Å². The Morgan fingerprint density at radius 3 is 2.56 bits per heavy atom. The maximum absolute atomic E-state index is 13.2. The zero-order chi connectivity index (χ0) is 27.2. The first-order valence-corrected chi connectivity index (χ1v) is 12.1. The summed E-state index contributed by atoms with van der Waals surface area (Å²) in [6.45, 7) is 6.55. The zero-order valence-corrected chi connectivity index (χ0v) is 21.7. The maximum atomic E-state index is 13.2. The van der Waals surface area contributed by atoms with Crippen molar-refractivity contribution in [2.24, 2.45) is 10.7 Å². The number of terminal acetylenes is 1. The first-order chi connectivity index (χ1) is 17.3. The number of rotatable bonds is 17. The van der Waals surface area contributed by atoms with Crippen LogP contribution in [0.3, 0.4) is 0 Å². The van der Waals surface area contributed by atoms with Gasteiger partial charge in [0.25, 0.3) is 0 Å². The maximum Gasteiger partial charge on any atom is 0.330 e. The highest BCUT2D eigenvalue weighted by molar-refractivity contribution is 5.93. The summed E-state index contributed by atoms with van der Waals surface area (Å²) in [5.41, 5.74) is 6.22. The molecule has 0 radical (unpaired) electrons. The van der Waals surface area contributed by atoms with Crippen molar-refractivity contribution in [1.82, 2.24) is 16.0 Å². The van der Waals surface area contributed by atoms with E-state index in [0.717, 1.165) is 25.7 Å². The van der Waals surface area contributed by atoms with Gasteiger partial charge in [-0.1, -0.05) is 56.1 Å². The highest BCUT2D eigenvalue weighted by Gasteiger charge is 2.22. The normalized spacial score (nSPS) is 13.3. The number of ether oxygens (including phenoxy) is 1. The van der Waals surface area contributed by atoms with Gasteiger partial charge in [-0.05, 0) is 37.8 Å². The summed E-state index contributed by atoms with van der Waals surface area (Å²) in [7, 11) is 2.85. The van der Waals surface area contributed by atoms with Crippen molar-refractivity contribution in [3.8, 4) is 12.3 Å². The third-order valence-electron chi connectivity index (χ3n) is 4.99. The van der Waals surface area contributed by atoms with Gasteiger partial charge in [-0.2, -0.15) is 0 Å². The summed E-state index contributed by atoms with van der Waals surface area (Å²) in [4.78, 5) is 41.0. The molecule has 9 heteroatoms. The van der Waals surface area contributed by atoms with E-state index in [1.807, 2.05) is 0 Å². The van der Waals surface area contributed by atoms with Crippen LogP contribution in [0.4, 0.5) is 0 Å². The van der Waals surface area contributed by atoms with Gasteiger partial charge in [0.2, 0.25) is 11.8 Å². The Labute approximate surface area is 215 Å². The number of nitrogens with one attached hydrogen (secondary N) is 3. The molecule has 0 heterocycles. The van der Waals surface area contributed by atoms with Crippen molar-refractivity contribution in [3.63, 3.8) is 0 Å². The van der Waals surface area contributed by atoms with E-state index in [2.05, 4.69) is 45.1 Å². The van der Waals surface area contributed by atoms with Crippen molar-refractivity contribution < 1.29 is 19.1 Å². The van der Waals surface area contributed by atoms with Gasteiger partial charge in [0.1, 0.15) is 6.04 Å². The van der Waals surface area contributed by atoms with Gasteiger partial charge in [-0.25, -0.2) is 4.79 Å². The molecular formula is C27H41N5O4. The van der Waals surface area contributed by atoms with Gasteiger partial charge in [-0.15, -0.1) is 6.42 Å². The van der Waals surface area contributed by atoms with Crippen molar-refractivity contribution >= 4 is 23.7 Å². The lowest BCUT2D eigenvalue weighted by atomic mass is 10.0. The molecule has 5 N–H and O–H groups in total. The Bertz CT molecular complexity index is 868. The summed E-state index contributed by atoms with van der Waals surface area (Å²) in [6.07, 6.45) is 19.7. The van der Waals surface area contributed by atoms with Crippen LogP contribution in [0.2, 0.25) is 0 Å². The quantitative estimate of drug-likeness (QED) is 0.0461. The number of esters is 1. The van der Waals surface area contributed by atoms with Gasteiger partial charge >= 0.3 is 5.97 Å². The van der Waals surface area contributed by atoms with Gasteiger partial charge in [0.05, 0.1) is 7.11 Å². The number of nitrogens with two attached hydrogens (primary N) is 1. The van der Waals surface area contributed by atoms with Crippen LogP contribution >= 0.6 is 0 Å². The minimum atomic E-state index is -0.886. The van der Waals surface area contributed by atoms with E-state index in [-0.39, 0.29) is 12.3 Å². The van der Waals surface area contributed by atoms with E-state index in [0.29, 0.717) is 30.9 Å². The van der Waals surface area contributed by atoms with E-state index in [9.17, 15) is 14.4 Å². The number of amides is 2. The van der Waals surface area contributed by atoms with Crippen molar-refractivity contribution in [1.29, 1.82) is 0 Å². The summed E-state index contributed by atoms with van der Waals surface area (Å²) < 4.78 is 4.65. The Morgan fingerprint density at radius 2 is 1.92 bits per heavy atom. The number of hydrogen-bond acceptors (Lipinski definition) is 5. The Kier molecular flexibility index (Phi) is 18.4. The standard InChI is InChI=1S/C27H41N5O4/c1-6-8-10-11-12-16-24(33)32-23(20-21(3)14-9-7-2)26(35)31-22(17-18-25(34)36-5)15-13-19-30-27(28)29-4/h2,9,12,14,16-18,22-23H,3,6,8,10-11,13,15,19-20H2,1,4-5H3,(H,31,35)(H,32,33)(H3,28,29,30)/b14-9-,16-12+,18-17+/t22-,23+/m1/s1. The van der Waals surface area contributed by atoms with E-state index in [1.165, 1.54) is 25.3 Å². The number of guanidine groups is 1. The van der Waals surface area contributed by atoms with Crippen LogP contribution in [0.25, 0.3) is 0 Å². The summed E-state index contributed by atoms with van der Waals surface area (Å²) >= 11 is 0. The highest BCUT2D eigenvalue weighted by Crippen LogP contribution is 2.08. The number of methoxy groups -OCH3 is 1. The van der Waals surface area contributed by atoms with Crippen LogP contribution < -0.4 is 21.7 Å². The van der Waals surface area contributed by atoms with Gasteiger partial charge in [-0.3, -0.25) is 14.6 Å². The molecule has 0 aliphatic rings. The average Bonchev–Trinajstić information content (AvgIpc) is 2.87. The molecule has 0 fully saturated rings. The number of allylic oxidation sites excluding steroid dienone is 3. The second-order valence-corrected chi connectivity index (χ2v) is 8.00. The third-order valence-corrected chi connectivity index (χ3v) is 4.99. The first-order valence-electron chi connectivity index (χ1n) is 12.1. The molecule has 9 nitrogen and oxygen atoms in total. The van der Waals surface area contributed by atoms with Crippen molar-refractivity contribution in [3.05, 3.63) is 48.6 Å². The largest absolute Gasteiger partial charge is 0.466 e. The van der Waals surface area contributed by atoms with Crippen LogP contribution in [0, 0.1) is 12.3 Å². The minimum Gasteiger partial charge on any atom is -0.466 e. The molecular weight excluding hydrogens is 458 g/mol. The number of nitrogens with zero attached hydrogens (tertiary/aromatic N) is 1. The molecule has 0 saturated heterocycles. The zero-order valence-electron chi connectivity index (χ0n) is 21.7. The fourth-order valence-electron chi connectivity index (χ4n) is 3.01. The molecule has 0 rings (SSSR count). The second kappa shape index (κ2) is 20.6. The third kappa shape index (κ3) is 16.8. The molecule has 0 saturated carbocycles. The summed E-state index contributed by atoms with van der Waals surface area (Å²) in [5, 5.41) is 8.57. The Morgan fingerprint density at radius 1 is 1.17 bits per heavy atom. The highest BCUT2D eigenvalue weighted by atomic mass is 16.5. The number of carbonyl (C=O) groups is 3. The summed E-state index contributed by atoms with van der Waals surface area (Å²) in [5.74, 6) is 1.35. The topological polar surface area (TPSA) is 135 Å². The van der Waals surface area contributed by atoms with Crippen molar-refractivity contribution in [2.75, 3.05) is 20.7 Å². The van der Waals surface area contributed by atoms with Gasteiger partial charge in [0, 0.05) is 32.1 Å². The lowest BCUT2D eigenvalue weighted by Crippen LogP contribution is -2.49. The fourth-order valence-corrected chi connectivity index (χ4v) is 3.01. The van der Waals surface area contributed by atoms with E-state index >= 15 is 0 Å². The van der Waals surface area contributed by atoms with Crippen LogP contribution in [-0.4, -0.2) is 56.5 Å². The van der Waals surface area contributed by atoms with E-state index in [4.69, 9.17) is 12.2 Å². The second-order valence-electron chi connectivity index (χ2n) is 8.00. The molecule has 2 atom stereocenters. The Hall–Kier alpha value is -3.80. The molecule has 0 aliphatic heterocycles. The molecule has 0 aromatic carbocycles.